The van der Waals surface area contributed by atoms with Crippen molar-refractivity contribution < 1.29 is 9.50 Å². The van der Waals surface area contributed by atoms with Crippen molar-refractivity contribution in [2.45, 2.75) is 12.8 Å². The maximum atomic E-state index is 12.9. The number of benzene rings is 1. The first-order valence-electron chi connectivity index (χ1n) is 6.85. The second-order valence-electron chi connectivity index (χ2n) is 5.07. The van der Waals surface area contributed by atoms with Gasteiger partial charge in [-0.05, 0) is 49.1 Å². The van der Waals surface area contributed by atoms with Crippen molar-refractivity contribution >= 4 is 11.0 Å². The van der Waals surface area contributed by atoms with Gasteiger partial charge in [-0.1, -0.05) is 12.1 Å². The number of aromatic amines is 1. The lowest BCUT2D eigenvalue weighted by molar-refractivity contribution is 0.473. The SMILES string of the molecule is [CH2]Cc1c(O)c2ncc(Cc3ccc(F)cc3)cc2[nH]c1=O. The third kappa shape index (κ3) is 2.57. The van der Waals surface area contributed by atoms with Gasteiger partial charge >= 0.3 is 0 Å². The molecule has 0 saturated carbocycles. The molecule has 3 rings (SSSR count). The van der Waals surface area contributed by atoms with E-state index in [0.717, 1.165) is 11.1 Å². The molecular formula is C17H14FN2O2. The highest BCUT2D eigenvalue weighted by Crippen LogP contribution is 2.24. The van der Waals surface area contributed by atoms with Crippen LogP contribution >= 0.6 is 0 Å². The largest absolute Gasteiger partial charge is 0.505 e. The number of hydrogen-bond acceptors (Lipinski definition) is 3. The highest BCUT2D eigenvalue weighted by molar-refractivity contribution is 5.82. The normalized spacial score (nSPS) is 11.0. The summed E-state index contributed by atoms with van der Waals surface area (Å²) in [6, 6.07) is 7.97. The van der Waals surface area contributed by atoms with Crippen LogP contribution in [0.25, 0.3) is 11.0 Å². The quantitative estimate of drug-likeness (QED) is 0.781. The van der Waals surface area contributed by atoms with Gasteiger partial charge in [0, 0.05) is 6.20 Å². The summed E-state index contributed by atoms with van der Waals surface area (Å²) in [7, 11) is 0. The molecule has 0 spiro atoms. The van der Waals surface area contributed by atoms with E-state index in [0.29, 0.717) is 17.5 Å². The summed E-state index contributed by atoms with van der Waals surface area (Å²) in [6.45, 7) is 3.63. The van der Waals surface area contributed by atoms with Gasteiger partial charge in [0.15, 0.2) is 5.75 Å². The molecule has 0 fully saturated rings. The summed E-state index contributed by atoms with van der Waals surface area (Å²) < 4.78 is 12.9. The van der Waals surface area contributed by atoms with E-state index >= 15 is 0 Å². The minimum Gasteiger partial charge on any atom is -0.505 e. The molecule has 0 aliphatic heterocycles. The lowest BCUT2D eigenvalue weighted by Gasteiger charge is -2.07. The first kappa shape index (κ1) is 14.3. The van der Waals surface area contributed by atoms with Crippen LogP contribution in [-0.2, 0) is 12.8 Å². The number of aromatic hydroxyl groups is 1. The van der Waals surface area contributed by atoms with E-state index in [-0.39, 0.29) is 29.1 Å². The summed E-state index contributed by atoms with van der Waals surface area (Å²) in [4.78, 5) is 18.8. The summed E-state index contributed by atoms with van der Waals surface area (Å²) in [5, 5.41) is 10.1. The van der Waals surface area contributed by atoms with Crippen molar-refractivity contribution in [2.24, 2.45) is 0 Å². The van der Waals surface area contributed by atoms with Crippen molar-refractivity contribution in [2.75, 3.05) is 0 Å². The van der Waals surface area contributed by atoms with Crippen molar-refractivity contribution in [1.82, 2.24) is 9.97 Å². The molecule has 0 saturated heterocycles. The fourth-order valence-electron chi connectivity index (χ4n) is 2.41. The Kier molecular flexibility index (Phi) is 3.63. The van der Waals surface area contributed by atoms with Gasteiger partial charge in [-0.2, -0.15) is 0 Å². The third-order valence-corrected chi connectivity index (χ3v) is 3.55. The zero-order valence-electron chi connectivity index (χ0n) is 11.8. The molecule has 0 amide bonds. The number of aromatic nitrogens is 2. The molecule has 5 heteroatoms. The van der Waals surface area contributed by atoms with Crippen LogP contribution in [0, 0.1) is 12.7 Å². The van der Waals surface area contributed by atoms with Crippen molar-refractivity contribution in [3.63, 3.8) is 0 Å². The number of halogens is 1. The van der Waals surface area contributed by atoms with E-state index in [1.54, 1.807) is 24.4 Å². The van der Waals surface area contributed by atoms with E-state index in [4.69, 9.17) is 0 Å². The van der Waals surface area contributed by atoms with Crippen molar-refractivity contribution in [3.05, 3.63) is 76.3 Å². The average molecular weight is 297 g/mol. The van der Waals surface area contributed by atoms with Crippen LogP contribution in [0.2, 0.25) is 0 Å². The number of fused-ring (bicyclic) bond motifs is 1. The van der Waals surface area contributed by atoms with Crippen LogP contribution in [0.1, 0.15) is 16.7 Å². The molecule has 0 atom stereocenters. The first-order valence-corrected chi connectivity index (χ1v) is 6.85. The average Bonchev–Trinajstić information content (AvgIpc) is 2.50. The number of H-pyrrole nitrogens is 1. The molecule has 0 aliphatic rings. The summed E-state index contributed by atoms with van der Waals surface area (Å²) in [5.74, 6) is -0.405. The predicted octanol–water partition coefficient (Wildman–Crippen LogP) is 2.74. The van der Waals surface area contributed by atoms with Crippen LogP contribution in [0.4, 0.5) is 4.39 Å². The van der Waals surface area contributed by atoms with Gasteiger partial charge in [-0.25, -0.2) is 4.39 Å². The highest BCUT2D eigenvalue weighted by atomic mass is 19.1. The van der Waals surface area contributed by atoms with Gasteiger partial charge in [0.1, 0.15) is 11.3 Å². The molecule has 3 aromatic rings. The van der Waals surface area contributed by atoms with Gasteiger partial charge < -0.3 is 10.1 Å². The minimum absolute atomic E-state index is 0.123. The third-order valence-electron chi connectivity index (χ3n) is 3.55. The molecule has 0 unspecified atom stereocenters. The lowest BCUT2D eigenvalue weighted by Crippen LogP contribution is -2.12. The topological polar surface area (TPSA) is 66.0 Å². The molecule has 111 valence electrons. The van der Waals surface area contributed by atoms with Gasteiger partial charge in [0.05, 0.1) is 11.1 Å². The number of nitrogens with zero attached hydrogens (tertiary/aromatic N) is 1. The maximum absolute atomic E-state index is 12.9. The second-order valence-corrected chi connectivity index (χ2v) is 5.07. The first-order chi connectivity index (χ1) is 10.6. The minimum atomic E-state index is -0.360. The van der Waals surface area contributed by atoms with E-state index < -0.39 is 0 Å². The van der Waals surface area contributed by atoms with E-state index in [1.807, 2.05) is 0 Å². The van der Waals surface area contributed by atoms with Gasteiger partial charge in [-0.3, -0.25) is 9.78 Å². The predicted molar refractivity (Wildman–Crippen MR) is 82.3 cm³/mol. The zero-order valence-corrected chi connectivity index (χ0v) is 11.8. The Labute approximate surface area is 126 Å². The van der Waals surface area contributed by atoms with E-state index in [1.165, 1.54) is 12.1 Å². The number of hydrogen-bond donors (Lipinski definition) is 2. The molecule has 2 aromatic heterocycles. The van der Waals surface area contributed by atoms with Crippen molar-refractivity contribution in [3.8, 4) is 5.75 Å². The fourth-order valence-corrected chi connectivity index (χ4v) is 2.41. The Balaban J connectivity index is 2.03. The Morgan fingerprint density at radius 2 is 1.95 bits per heavy atom. The Morgan fingerprint density at radius 1 is 1.23 bits per heavy atom. The molecule has 2 N–H and O–H groups in total. The monoisotopic (exact) mass is 297 g/mol. The lowest BCUT2D eigenvalue weighted by atomic mass is 10.1. The second kappa shape index (κ2) is 5.60. The van der Waals surface area contributed by atoms with Gasteiger partial charge in [-0.15, -0.1) is 0 Å². The van der Waals surface area contributed by atoms with Crippen LogP contribution in [0.3, 0.4) is 0 Å². The van der Waals surface area contributed by atoms with Crippen molar-refractivity contribution in [1.29, 1.82) is 0 Å². The molecule has 0 bridgehead atoms. The van der Waals surface area contributed by atoms with Crippen LogP contribution < -0.4 is 5.56 Å². The molecule has 0 aliphatic carbocycles. The number of rotatable bonds is 3. The molecule has 2 heterocycles. The standard InChI is InChI=1S/C17H14FN2O2/c1-2-13-16(21)15-14(20-17(13)22)8-11(9-19-15)7-10-3-5-12(18)6-4-10/h3-6,8-9H,1-2,7H2,(H2,20,21,22). The van der Waals surface area contributed by atoms with E-state index in [2.05, 4.69) is 16.9 Å². The molecule has 4 nitrogen and oxygen atoms in total. The number of pyridine rings is 2. The molecule has 22 heavy (non-hydrogen) atoms. The fraction of sp³-hybridized carbons (Fsp3) is 0.118. The highest BCUT2D eigenvalue weighted by Gasteiger charge is 2.11. The molecule has 1 aromatic carbocycles. The van der Waals surface area contributed by atoms with E-state index in [9.17, 15) is 14.3 Å². The Morgan fingerprint density at radius 3 is 2.64 bits per heavy atom. The van der Waals surface area contributed by atoms with Crippen LogP contribution in [0.15, 0.2) is 41.3 Å². The number of nitrogens with one attached hydrogen (secondary N) is 1. The smallest absolute Gasteiger partial charge is 0.255 e. The Hall–Kier alpha value is -2.69. The summed E-state index contributed by atoms with van der Waals surface area (Å²) >= 11 is 0. The van der Waals surface area contributed by atoms with Gasteiger partial charge in [0.25, 0.3) is 5.56 Å². The van der Waals surface area contributed by atoms with Crippen LogP contribution in [0.5, 0.6) is 5.75 Å². The zero-order chi connectivity index (χ0) is 15.7. The summed E-state index contributed by atoms with van der Waals surface area (Å²) in [6.07, 6.45) is 2.38. The Bertz CT molecular complexity index is 886. The molecular weight excluding hydrogens is 283 g/mol. The summed E-state index contributed by atoms with van der Waals surface area (Å²) in [5.41, 5.74) is 2.48. The van der Waals surface area contributed by atoms with Crippen LogP contribution in [-0.4, -0.2) is 15.1 Å². The maximum Gasteiger partial charge on any atom is 0.255 e. The molecule has 1 radical (unpaired) electrons. The van der Waals surface area contributed by atoms with Gasteiger partial charge in [0.2, 0.25) is 0 Å².